The number of hydrogen-bond acceptors (Lipinski definition) is 4. The first-order valence-electron chi connectivity index (χ1n) is 6.89. The van der Waals surface area contributed by atoms with Gasteiger partial charge in [-0.05, 0) is 38.7 Å². The maximum atomic E-state index is 13.3. The van der Waals surface area contributed by atoms with Crippen LogP contribution in [-0.2, 0) is 11.3 Å². The van der Waals surface area contributed by atoms with E-state index in [1.807, 2.05) is 14.1 Å². The summed E-state index contributed by atoms with van der Waals surface area (Å²) in [6.07, 6.45) is 0.945. The summed E-state index contributed by atoms with van der Waals surface area (Å²) >= 11 is 0. The van der Waals surface area contributed by atoms with Crippen LogP contribution in [0.2, 0.25) is 0 Å². The topological polar surface area (TPSA) is 33.7 Å². The molecule has 0 aliphatic heterocycles. The van der Waals surface area contributed by atoms with Gasteiger partial charge in [-0.15, -0.1) is 0 Å². The minimum Gasteiger partial charge on any atom is -0.493 e. The van der Waals surface area contributed by atoms with Gasteiger partial charge >= 0.3 is 0 Å². The van der Waals surface area contributed by atoms with Crippen molar-refractivity contribution in [1.82, 2.24) is 10.2 Å². The van der Waals surface area contributed by atoms with E-state index in [9.17, 15) is 4.39 Å². The molecule has 1 N–H and O–H groups in total. The summed E-state index contributed by atoms with van der Waals surface area (Å²) < 4.78 is 24.0. The summed E-state index contributed by atoms with van der Waals surface area (Å²) in [5.74, 6) is 0.504. The monoisotopic (exact) mass is 284 g/mol. The molecule has 0 aromatic heterocycles. The fourth-order valence-corrected chi connectivity index (χ4v) is 1.79. The van der Waals surface area contributed by atoms with Crippen LogP contribution >= 0.6 is 0 Å². The van der Waals surface area contributed by atoms with Gasteiger partial charge in [0.05, 0.1) is 13.2 Å². The summed E-state index contributed by atoms with van der Waals surface area (Å²) in [4.78, 5) is 2.11. The first kappa shape index (κ1) is 16.9. The molecule has 5 heteroatoms. The van der Waals surface area contributed by atoms with Crippen molar-refractivity contribution in [1.29, 1.82) is 0 Å². The lowest BCUT2D eigenvalue weighted by Gasteiger charge is -2.14. The zero-order valence-electron chi connectivity index (χ0n) is 12.6. The normalized spacial score (nSPS) is 11.1. The van der Waals surface area contributed by atoms with E-state index in [1.165, 1.54) is 12.1 Å². The first-order valence-corrected chi connectivity index (χ1v) is 6.89. The van der Waals surface area contributed by atoms with E-state index in [0.29, 0.717) is 19.8 Å². The average molecular weight is 284 g/mol. The fourth-order valence-electron chi connectivity index (χ4n) is 1.79. The Bertz CT molecular complexity index is 386. The maximum Gasteiger partial charge on any atom is 0.123 e. The number of nitrogens with one attached hydrogen (secondary N) is 1. The van der Waals surface area contributed by atoms with Crippen molar-refractivity contribution in [2.45, 2.75) is 13.0 Å². The summed E-state index contributed by atoms with van der Waals surface area (Å²) in [6.45, 7) is 3.54. The van der Waals surface area contributed by atoms with Crippen LogP contribution in [-0.4, -0.2) is 52.4 Å². The minimum atomic E-state index is -0.241. The highest BCUT2D eigenvalue weighted by Gasteiger charge is 2.05. The Morgan fingerprint density at radius 3 is 2.75 bits per heavy atom. The second-order valence-electron chi connectivity index (χ2n) is 4.93. The molecule has 1 aromatic carbocycles. The third-order valence-corrected chi connectivity index (χ3v) is 2.83. The Balaban J connectivity index is 2.47. The average Bonchev–Trinajstić information content (AvgIpc) is 2.41. The summed E-state index contributed by atoms with van der Waals surface area (Å²) in [5.41, 5.74) is 0.839. The maximum absolute atomic E-state index is 13.3. The van der Waals surface area contributed by atoms with Gasteiger partial charge in [0, 0.05) is 32.3 Å². The molecule has 0 fully saturated rings. The first-order chi connectivity index (χ1) is 9.63. The molecule has 0 saturated heterocycles. The van der Waals surface area contributed by atoms with Crippen molar-refractivity contribution < 1.29 is 13.9 Å². The molecule has 0 amide bonds. The molecule has 0 aliphatic carbocycles. The van der Waals surface area contributed by atoms with Gasteiger partial charge in [0.25, 0.3) is 0 Å². The number of halogens is 1. The lowest BCUT2D eigenvalue weighted by atomic mass is 10.2. The third kappa shape index (κ3) is 6.84. The van der Waals surface area contributed by atoms with Gasteiger partial charge in [-0.1, -0.05) is 0 Å². The number of benzene rings is 1. The van der Waals surface area contributed by atoms with Crippen molar-refractivity contribution in [3.05, 3.63) is 29.6 Å². The number of rotatable bonds is 10. The van der Waals surface area contributed by atoms with E-state index in [-0.39, 0.29) is 5.82 Å². The van der Waals surface area contributed by atoms with Gasteiger partial charge in [0.1, 0.15) is 11.6 Å². The summed E-state index contributed by atoms with van der Waals surface area (Å²) in [6, 6.07) is 4.64. The SMILES string of the molecule is COCCNCc1cc(F)ccc1OCCCN(C)C. The molecule has 0 unspecified atom stereocenters. The lowest BCUT2D eigenvalue weighted by molar-refractivity contribution is 0.199. The van der Waals surface area contributed by atoms with Gasteiger partial charge in [0.2, 0.25) is 0 Å². The third-order valence-electron chi connectivity index (χ3n) is 2.83. The Hall–Kier alpha value is -1.17. The van der Waals surface area contributed by atoms with E-state index in [2.05, 4.69) is 10.2 Å². The molecular weight excluding hydrogens is 259 g/mol. The number of nitrogens with zero attached hydrogens (tertiary/aromatic N) is 1. The van der Waals surface area contributed by atoms with Crippen LogP contribution in [0.4, 0.5) is 4.39 Å². The van der Waals surface area contributed by atoms with Gasteiger partial charge in [0.15, 0.2) is 0 Å². The van der Waals surface area contributed by atoms with Crippen LogP contribution in [0.25, 0.3) is 0 Å². The largest absolute Gasteiger partial charge is 0.493 e. The Kier molecular flexibility index (Phi) is 8.18. The quantitative estimate of drug-likeness (QED) is 0.665. The molecule has 20 heavy (non-hydrogen) atoms. The Labute approximate surface area is 120 Å². The fraction of sp³-hybridized carbons (Fsp3) is 0.600. The molecule has 1 aromatic rings. The van der Waals surface area contributed by atoms with Crippen molar-refractivity contribution in [3.63, 3.8) is 0 Å². The van der Waals surface area contributed by atoms with E-state index < -0.39 is 0 Å². The van der Waals surface area contributed by atoms with Crippen LogP contribution in [0.15, 0.2) is 18.2 Å². The van der Waals surface area contributed by atoms with Crippen LogP contribution in [0.3, 0.4) is 0 Å². The van der Waals surface area contributed by atoms with Crippen molar-refractivity contribution in [2.24, 2.45) is 0 Å². The highest BCUT2D eigenvalue weighted by atomic mass is 19.1. The van der Waals surface area contributed by atoms with Crippen LogP contribution in [0.5, 0.6) is 5.75 Å². The Morgan fingerprint density at radius 1 is 1.25 bits per heavy atom. The molecule has 0 bridgehead atoms. The molecular formula is C15H25FN2O2. The molecule has 0 spiro atoms. The molecule has 114 valence electrons. The van der Waals surface area contributed by atoms with Gasteiger partial charge < -0.3 is 19.7 Å². The number of ether oxygens (including phenoxy) is 2. The Morgan fingerprint density at radius 2 is 2.05 bits per heavy atom. The van der Waals surface area contributed by atoms with Gasteiger partial charge in [-0.3, -0.25) is 0 Å². The van der Waals surface area contributed by atoms with Crippen LogP contribution < -0.4 is 10.1 Å². The highest BCUT2D eigenvalue weighted by molar-refractivity contribution is 5.33. The standard InChI is InChI=1S/C15H25FN2O2/c1-18(2)8-4-9-20-15-6-5-14(16)11-13(15)12-17-7-10-19-3/h5-6,11,17H,4,7-10,12H2,1-3H3. The van der Waals surface area contributed by atoms with Crippen molar-refractivity contribution in [3.8, 4) is 5.75 Å². The van der Waals surface area contributed by atoms with Crippen molar-refractivity contribution in [2.75, 3.05) is 47.5 Å². The zero-order chi connectivity index (χ0) is 14.8. The summed E-state index contributed by atoms with van der Waals surface area (Å²) in [7, 11) is 5.72. The minimum absolute atomic E-state index is 0.241. The predicted octanol–water partition coefficient (Wildman–Crippen LogP) is 1.89. The molecule has 1 rings (SSSR count). The predicted molar refractivity (Wildman–Crippen MR) is 78.6 cm³/mol. The molecule has 0 radical (unpaired) electrons. The van der Waals surface area contributed by atoms with E-state index in [4.69, 9.17) is 9.47 Å². The molecule has 4 nitrogen and oxygen atoms in total. The van der Waals surface area contributed by atoms with E-state index in [1.54, 1.807) is 13.2 Å². The van der Waals surface area contributed by atoms with Gasteiger partial charge in [-0.2, -0.15) is 0 Å². The smallest absolute Gasteiger partial charge is 0.123 e. The summed E-state index contributed by atoms with van der Waals surface area (Å²) in [5, 5.41) is 3.20. The van der Waals surface area contributed by atoms with Gasteiger partial charge in [-0.25, -0.2) is 4.39 Å². The molecule has 0 heterocycles. The van der Waals surface area contributed by atoms with Crippen molar-refractivity contribution >= 4 is 0 Å². The zero-order valence-corrected chi connectivity index (χ0v) is 12.6. The van der Waals surface area contributed by atoms with E-state index >= 15 is 0 Å². The second-order valence-corrected chi connectivity index (χ2v) is 4.93. The van der Waals surface area contributed by atoms with Crippen LogP contribution in [0.1, 0.15) is 12.0 Å². The molecule has 0 aliphatic rings. The highest BCUT2D eigenvalue weighted by Crippen LogP contribution is 2.19. The van der Waals surface area contributed by atoms with E-state index in [0.717, 1.165) is 30.8 Å². The lowest BCUT2D eigenvalue weighted by Crippen LogP contribution is -2.19. The second kappa shape index (κ2) is 9.69. The number of methoxy groups -OCH3 is 1. The van der Waals surface area contributed by atoms with Crippen LogP contribution in [0, 0.1) is 5.82 Å². The number of hydrogen-bond donors (Lipinski definition) is 1. The molecule has 0 saturated carbocycles. The molecule has 0 atom stereocenters.